The summed E-state index contributed by atoms with van der Waals surface area (Å²) in [6, 6.07) is 2.33. The molecule has 0 aromatic heterocycles. The number of rotatable bonds is 7. The molecule has 0 spiro atoms. The van der Waals surface area contributed by atoms with E-state index >= 15 is 0 Å². The van der Waals surface area contributed by atoms with E-state index in [2.05, 4.69) is 0 Å². The highest BCUT2D eigenvalue weighted by Gasteiger charge is 2.12. The van der Waals surface area contributed by atoms with Gasteiger partial charge in [-0.15, -0.1) is 11.6 Å². The second-order valence-corrected chi connectivity index (χ2v) is 3.75. The lowest BCUT2D eigenvalue weighted by atomic mass is 10.2. The number of hydrogen-bond donors (Lipinski definition) is 0. The number of ether oxygens (including phenoxy) is 2. The van der Waals surface area contributed by atoms with Crippen molar-refractivity contribution in [2.75, 3.05) is 19.8 Å². The second-order valence-electron chi connectivity index (χ2n) is 3.48. The third-order valence-corrected chi connectivity index (χ3v) is 2.34. The molecule has 0 atom stereocenters. The topological polar surface area (TPSA) is 18.5 Å². The van der Waals surface area contributed by atoms with Gasteiger partial charge in [0.05, 0.1) is 6.61 Å². The lowest BCUT2D eigenvalue weighted by molar-refractivity contribution is 0.0975. The first-order valence-corrected chi connectivity index (χ1v) is 5.97. The maximum absolute atomic E-state index is 13.4. The Bertz CT molecular complexity index is 335. The second kappa shape index (κ2) is 7.45. The van der Waals surface area contributed by atoms with Crippen LogP contribution in [0.15, 0.2) is 12.1 Å². The van der Waals surface area contributed by atoms with Gasteiger partial charge in [-0.05, 0) is 24.1 Å². The molecule has 0 bridgehead atoms. The SMILES string of the molecule is CCCOCCOc1c(F)cc(CCl)cc1F. The molecular weight excluding hydrogens is 250 g/mol. The van der Waals surface area contributed by atoms with Gasteiger partial charge in [-0.2, -0.15) is 0 Å². The third kappa shape index (κ3) is 4.48. The van der Waals surface area contributed by atoms with E-state index in [4.69, 9.17) is 21.1 Å². The monoisotopic (exact) mass is 264 g/mol. The molecule has 0 fully saturated rings. The molecule has 0 amide bonds. The van der Waals surface area contributed by atoms with Gasteiger partial charge >= 0.3 is 0 Å². The van der Waals surface area contributed by atoms with Crippen molar-refractivity contribution in [3.8, 4) is 5.75 Å². The summed E-state index contributed by atoms with van der Waals surface area (Å²) in [6.45, 7) is 3.02. The van der Waals surface area contributed by atoms with Crippen molar-refractivity contribution in [1.82, 2.24) is 0 Å². The van der Waals surface area contributed by atoms with Gasteiger partial charge in [-0.1, -0.05) is 6.92 Å². The van der Waals surface area contributed by atoms with Crippen LogP contribution in [0.5, 0.6) is 5.75 Å². The summed E-state index contributed by atoms with van der Waals surface area (Å²) in [5.74, 6) is -1.79. The first kappa shape index (κ1) is 14.2. The Balaban J connectivity index is 2.53. The molecule has 17 heavy (non-hydrogen) atoms. The minimum absolute atomic E-state index is 0.0632. The van der Waals surface area contributed by atoms with Crippen LogP contribution >= 0.6 is 11.6 Å². The Hall–Kier alpha value is -0.870. The number of alkyl halides is 1. The van der Waals surface area contributed by atoms with Crippen molar-refractivity contribution in [3.63, 3.8) is 0 Å². The molecule has 0 unspecified atom stereocenters. The first-order valence-electron chi connectivity index (χ1n) is 5.43. The van der Waals surface area contributed by atoms with Gasteiger partial charge in [0.1, 0.15) is 6.61 Å². The van der Waals surface area contributed by atoms with Crippen LogP contribution in [0.2, 0.25) is 0 Å². The minimum Gasteiger partial charge on any atom is -0.485 e. The molecule has 0 saturated carbocycles. The summed E-state index contributed by atoms with van der Waals surface area (Å²) in [6.07, 6.45) is 0.896. The normalized spacial score (nSPS) is 10.6. The van der Waals surface area contributed by atoms with E-state index in [-0.39, 0.29) is 18.2 Å². The Labute approximate surface area is 104 Å². The maximum Gasteiger partial charge on any atom is 0.190 e. The van der Waals surface area contributed by atoms with Gasteiger partial charge < -0.3 is 9.47 Å². The largest absolute Gasteiger partial charge is 0.485 e. The molecule has 2 nitrogen and oxygen atoms in total. The van der Waals surface area contributed by atoms with Crippen molar-refractivity contribution in [2.45, 2.75) is 19.2 Å². The van der Waals surface area contributed by atoms with E-state index < -0.39 is 11.6 Å². The van der Waals surface area contributed by atoms with Crippen molar-refractivity contribution in [1.29, 1.82) is 0 Å². The van der Waals surface area contributed by atoms with E-state index in [0.717, 1.165) is 18.6 Å². The molecule has 1 aromatic rings. The van der Waals surface area contributed by atoms with Gasteiger partial charge in [-0.3, -0.25) is 0 Å². The molecule has 0 heterocycles. The molecule has 1 rings (SSSR count). The summed E-state index contributed by atoms with van der Waals surface area (Å²) in [4.78, 5) is 0. The van der Waals surface area contributed by atoms with E-state index in [1.165, 1.54) is 0 Å². The fourth-order valence-electron chi connectivity index (χ4n) is 1.28. The zero-order chi connectivity index (χ0) is 12.7. The van der Waals surface area contributed by atoms with Crippen LogP contribution in [0, 0.1) is 11.6 Å². The fourth-order valence-corrected chi connectivity index (χ4v) is 1.43. The van der Waals surface area contributed by atoms with Crippen molar-refractivity contribution in [3.05, 3.63) is 29.3 Å². The van der Waals surface area contributed by atoms with Gasteiger partial charge in [0, 0.05) is 12.5 Å². The van der Waals surface area contributed by atoms with Gasteiger partial charge in [0.2, 0.25) is 0 Å². The maximum atomic E-state index is 13.4. The summed E-state index contributed by atoms with van der Waals surface area (Å²) in [7, 11) is 0. The van der Waals surface area contributed by atoms with Crippen LogP contribution < -0.4 is 4.74 Å². The molecule has 0 aliphatic heterocycles. The van der Waals surface area contributed by atoms with Crippen molar-refractivity contribution in [2.24, 2.45) is 0 Å². The molecule has 1 aromatic carbocycles. The molecule has 0 saturated heterocycles. The highest BCUT2D eigenvalue weighted by atomic mass is 35.5. The molecule has 96 valence electrons. The number of halogens is 3. The van der Waals surface area contributed by atoms with E-state index in [0.29, 0.717) is 18.8 Å². The summed E-state index contributed by atoms with van der Waals surface area (Å²) >= 11 is 5.49. The summed E-state index contributed by atoms with van der Waals surface area (Å²) in [5, 5.41) is 0. The Morgan fingerprint density at radius 2 is 1.76 bits per heavy atom. The van der Waals surface area contributed by atoms with Crippen molar-refractivity contribution >= 4 is 11.6 Å². The molecule has 0 radical (unpaired) electrons. The number of benzene rings is 1. The van der Waals surface area contributed by atoms with E-state index in [1.807, 2.05) is 6.92 Å². The Morgan fingerprint density at radius 1 is 1.12 bits per heavy atom. The Kier molecular flexibility index (Phi) is 6.22. The highest BCUT2D eigenvalue weighted by molar-refractivity contribution is 6.17. The average Bonchev–Trinajstić information content (AvgIpc) is 2.31. The summed E-state index contributed by atoms with van der Waals surface area (Å²) in [5.41, 5.74) is 0.385. The van der Waals surface area contributed by atoms with E-state index in [9.17, 15) is 8.78 Å². The first-order chi connectivity index (χ1) is 8.19. The Morgan fingerprint density at radius 3 is 2.29 bits per heavy atom. The van der Waals surface area contributed by atoms with Crippen LogP contribution in [-0.4, -0.2) is 19.8 Å². The predicted molar refractivity (Wildman–Crippen MR) is 62.5 cm³/mol. The van der Waals surface area contributed by atoms with Gasteiger partial charge in [0.15, 0.2) is 17.4 Å². The quantitative estimate of drug-likeness (QED) is 0.554. The highest BCUT2D eigenvalue weighted by Crippen LogP contribution is 2.23. The standard InChI is InChI=1S/C12H15ClF2O2/c1-2-3-16-4-5-17-12-10(14)6-9(8-13)7-11(12)15/h6-7H,2-5,8H2,1H3. The van der Waals surface area contributed by atoms with Crippen LogP contribution in [0.4, 0.5) is 8.78 Å². The van der Waals surface area contributed by atoms with Crippen LogP contribution in [-0.2, 0) is 10.6 Å². The van der Waals surface area contributed by atoms with Crippen LogP contribution in [0.1, 0.15) is 18.9 Å². The average molecular weight is 265 g/mol. The molecular formula is C12H15ClF2O2. The molecule has 0 N–H and O–H groups in total. The van der Waals surface area contributed by atoms with Crippen LogP contribution in [0.25, 0.3) is 0 Å². The third-order valence-electron chi connectivity index (χ3n) is 2.03. The lowest BCUT2D eigenvalue weighted by Crippen LogP contribution is -2.09. The zero-order valence-electron chi connectivity index (χ0n) is 9.64. The molecule has 5 heteroatoms. The van der Waals surface area contributed by atoms with Gasteiger partial charge in [0.25, 0.3) is 0 Å². The smallest absolute Gasteiger partial charge is 0.190 e. The van der Waals surface area contributed by atoms with E-state index in [1.54, 1.807) is 0 Å². The van der Waals surface area contributed by atoms with Gasteiger partial charge in [-0.25, -0.2) is 8.78 Å². The molecule has 0 aliphatic rings. The fraction of sp³-hybridized carbons (Fsp3) is 0.500. The minimum atomic E-state index is -0.740. The lowest BCUT2D eigenvalue weighted by Gasteiger charge is -2.09. The molecule has 0 aliphatic carbocycles. The van der Waals surface area contributed by atoms with Crippen LogP contribution in [0.3, 0.4) is 0 Å². The number of hydrogen-bond acceptors (Lipinski definition) is 2. The zero-order valence-corrected chi connectivity index (χ0v) is 10.4. The van der Waals surface area contributed by atoms with Crippen molar-refractivity contribution < 1.29 is 18.3 Å². The summed E-state index contributed by atoms with van der Waals surface area (Å²) < 4.78 is 37.0. The predicted octanol–water partition coefficient (Wildman–Crippen LogP) is 3.51.